The maximum Gasteiger partial charge on any atom is 0.242 e. The van der Waals surface area contributed by atoms with Crippen LogP contribution in [0, 0.1) is 11.8 Å². The topological polar surface area (TPSA) is 46.3 Å². The lowest BCUT2D eigenvalue weighted by atomic mass is 9.76. The molecule has 1 heterocycles. The van der Waals surface area contributed by atoms with Gasteiger partial charge in [-0.05, 0) is 43.9 Å². The van der Waals surface area contributed by atoms with Crippen molar-refractivity contribution in [2.45, 2.75) is 70.8 Å². The summed E-state index contributed by atoms with van der Waals surface area (Å²) in [6.45, 7) is 6.33. The van der Waals surface area contributed by atoms with Crippen LogP contribution in [-0.4, -0.2) is 29.4 Å². The van der Waals surface area contributed by atoms with Gasteiger partial charge in [-0.15, -0.1) is 0 Å². The first-order chi connectivity index (χ1) is 9.05. The molecule has 2 aliphatic rings. The van der Waals surface area contributed by atoms with Gasteiger partial charge in [-0.1, -0.05) is 33.1 Å². The van der Waals surface area contributed by atoms with Crippen LogP contribution in [0.15, 0.2) is 0 Å². The average molecular weight is 266 g/mol. The molecule has 3 heteroatoms. The summed E-state index contributed by atoms with van der Waals surface area (Å²) in [5.74, 6) is 1.63. The Morgan fingerprint density at radius 1 is 1.26 bits per heavy atom. The molecule has 0 aromatic carbocycles. The first-order valence-electron chi connectivity index (χ1n) is 8.13. The Balaban J connectivity index is 1.98. The summed E-state index contributed by atoms with van der Waals surface area (Å²) in [6.07, 6.45) is 8.91. The molecule has 1 saturated heterocycles. The van der Waals surface area contributed by atoms with Crippen molar-refractivity contribution in [2.75, 3.05) is 13.1 Å². The Kier molecular flexibility index (Phi) is 4.88. The second-order valence-electron chi connectivity index (χ2n) is 6.86. The van der Waals surface area contributed by atoms with Crippen LogP contribution in [0.5, 0.6) is 0 Å². The first-order valence-corrected chi connectivity index (χ1v) is 8.13. The second kappa shape index (κ2) is 6.25. The minimum atomic E-state index is -0.566. The van der Waals surface area contributed by atoms with E-state index in [1.54, 1.807) is 0 Å². The molecule has 0 aromatic heterocycles. The van der Waals surface area contributed by atoms with Gasteiger partial charge in [-0.25, -0.2) is 0 Å². The van der Waals surface area contributed by atoms with E-state index >= 15 is 0 Å². The SMILES string of the molecule is CCC1CCCN(C(=O)C2(N)CCCC(C)C2)CC1. The molecule has 1 amide bonds. The second-order valence-corrected chi connectivity index (χ2v) is 6.86. The number of carbonyl (C=O) groups is 1. The van der Waals surface area contributed by atoms with Crippen LogP contribution < -0.4 is 5.73 Å². The van der Waals surface area contributed by atoms with E-state index in [0.29, 0.717) is 5.92 Å². The zero-order valence-electron chi connectivity index (χ0n) is 12.7. The molecule has 1 aliphatic heterocycles. The van der Waals surface area contributed by atoms with Gasteiger partial charge in [0.1, 0.15) is 0 Å². The van der Waals surface area contributed by atoms with E-state index in [4.69, 9.17) is 5.73 Å². The molecule has 2 rings (SSSR count). The Morgan fingerprint density at radius 3 is 2.74 bits per heavy atom. The van der Waals surface area contributed by atoms with E-state index in [0.717, 1.165) is 51.1 Å². The van der Waals surface area contributed by atoms with Crippen LogP contribution in [0.4, 0.5) is 0 Å². The molecular formula is C16H30N2O. The molecule has 0 aromatic rings. The van der Waals surface area contributed by atoms with Crippen molar-refractivity contribution in [3.8, 4) is 0 Å². The summed E-state index contributed by atoms with van der Waals surface area (Å²) in [4.78, 5) is 14.8. The lowest BCUT2D eigenvalue weighted by molar-refractivity contribution is -0.138. The molecule has 1 aliphatic carbocycles. The van der Waals surface area contributed by atoms with Crippen molar-refractivity contribution in [1.29, 1.82) is 0 Å². The molecule has 3 atom stereocenters. The van der Waals surface area contributed by atoms with E-state index in [1.165, 1.54) is 19.3 Å². The molecule has 0 spiro atoms. The maximum atomic E-state index is 12.8. The standard InChI is InChI=1S/C16H30N2O/c1-3-14-7-5-10-18(11-8-14)15(19)16(17)9-4-6-13(2)12-16/h13-14H,3-12,17H2,1-2H3. The van der Waals surface area contributed by atoms with E-state index in [9.17, 15) is 4.79 Å². The molecule has 19 heavy (non-hydrogen) atoms. The van der Waals surface area contributed by atoms with Crippen LogP contribution in [0.1, 0.15) is 65.2 Å². The molecule has 3 nitrogen and oxygen atoms in total. The van der Waals surface area contributed by atoms with Gasteiger partial charge >= 0.3 is 0 Å². The monoisotopic (exact) mass is 266 g/mol. The number of nitrogens with zero attached hydrogens (tertiary/aromatic N) is 1. The number of nitrogens with two attached hydrogens (primary N) is 1. The zero-order valence-corrected chi connectivity index (χ0v) is 12.7. The summed E-state index contributed by atoms with van der Waals surface area (Å²) in [6, 6.07) is 0. The van der Waals surface area contributed by atoms with Gasteiger partial charge in [-0.2, -0.15) is 0 Å². The van der Waals surface area contributed by atoms with Crippen molar-refractivity contribution in [2.24, 2.45) is 17.6 Å². The lowest BCUT2D eigenvalue weighted by Gasteiger charge is -2.39. The third-order valence-electron chi connectivity index (χ3n) is 5.17. The summed E-state index contributed by atoms with van der Waals surface area (Å²) in [7, 11) is 0. The molecule has 1 saturated carbocycles. The zero-order chi connectivity index (χ0) is 13.9. The van der Waals surface area contributed by atoms with Gasteiger partial charge in [0.05, 0.1) is 5.54 Å². The Morgan fingerprint density at radius 2 is 2.05 bits per heavy atom. The Labute approximate surface area is 117 Å². The fourth-order valence-corrected chi connectivity index (χ4v) is 3.88. The number of carbonyl (C=O) groups excluding carboxylic acids is 1. The fraction of sp³-hybridized carbons (Fsp3) is 0.938. The van der Waals surface area contributed by atoms with E-state index < -0.39 is 5.54 Å². The largest absolute Gasteiger partial charge is 0.341 e. The number of rotatable bonds is 2. The van der Waals surface area contributed by atoms with Crippen LogP contribution in [0.3, 0.4) is 0 Å². The van der Waals surface area contributed by atoms with Crippen LogP contribution in [0.25, 0.3) is 0 Å². The quantitative estimate of drug-likeness (QED) is 0.835. The predicted molar refractivity (Wildman–Crippen MR) is 78.8 cm³/mol. The molecule has 2 N–H and O–H groups in total. The van der Waals surface area contributed by atoms with Gasteiger partial charge in [0.2, 0.25) is 5.91 Å². The van der Waals surface area contributed by atoms with Gasteiger partial charge < -0.3 is 10.6 Å². The maximum absolute atomic E-state index is 12.8. The number of hydrogen-bond acceptors (Lipinski definition) is 2. The third kappa shape index (κ3) is 3.50. The van der Waals surface area contributed by atoms with Crippen LogP contribution in [-0.2, 0) is 4.79 Å². The third-order valence-corrected chi connectivity index (χ3v) is 5.17. The van der Waals surface area contributed by atoms with Crippen molar-refractivity contribution in [1.82, 2.24) is 4.90 Å². The van der Waals surface area contributed by atoms with Crippen molar-refractivity contribution < 1.29 is 4.79 Å². The van der Waals surface area contributed by atoms with Crippen LogP contribution in [0.2, 0.25) is 0 Å². The van der Waals surface area contributed by atoms with E-state index in [2.05, 4.69) is 18.7 Å². The minimum absolute atomic E-state index is 0.232. The number of likely N-dealkylation sites (tertiary alicyclic amines) is 1. The van der Waals surface area contributed by atoms with Gasteiger partial charge in [0.15, 0.2) is 0 Å². The normalized spacial score (nSPS) is 36.9. The molecule has 0 radical (unpaired) electrons. The summed E-state index contributed by atoms with van der Waals surface area (Å²) in [5, 5.41) is 0. The Bertz CT molecular complexity index is 318. The Hall–Kier alpha value is -0.570. The van der Waals surface area contributed by atoms with E-state index in [1.807, 2.05) is 0 Å². The number of amides is 1. The van der Waals surface area contributed by atoms with Gasteiger partial charge in [-0.3, -0.25) is 4.79 Å². The molecular weight excluding hydrogens is 236 g/mol. The molecule has 2 fully saturated rings. The van der Waals surface area contributed by atoms with Crippen LogP contribution >= 0.6 is 0 Å². The molecule has 0 bridgehead atoms. The smallest absolute Gasteiger partial charge is 0.242 e. The fourth-order valence-electron chi connectivity index (χ4n) is 3.88. The summed E-state index contributed by atoms with van der Waals surface area (Å²) in [5.41, 5.74) is 5.89. The summed E-state index contributed by atoms with van der Waals surface area (Å²) >= 11 is 0. The highest BCUT2D eigenvalue weighted by Crippen LogP contribution is 2.32. The average Bonchev–Trinajstić information content (AvgIpc) is 2.62. The molecule has 110 valence electrons. The van der Waals surface area contributed by atoms with Crippen molar-refractivity contribution >= 4 is 5.91 Å². The van der Waals surface area contributed by atoms with E-state index in [-0.39, 0.29) is 5.91 Å². The summed E-state index contributed by atoms with van der Waals surface area (Å²) < 4.78 is 0. The first kappa shape index (κ1) is 14.8. The number of hydrogen-bond donors (Lipinski definition) is 1. The highest BCUT2D eigenvalue weighted by molar-refractivity contribution is 5.86. The highest BCUT2D eigenvalue weighted by atomic mass is 16.2. The molecule has 3 unspecified atom stereocenters. The van der Waals surface area contributed by atoms with Crippen molar-refractivity contribution in [3.63, 3.8) is 0 Å². The van der Waals surface area contributed by atoms with Gasteiger partial charge in [0, 0.05) is 13.1 Å². The minimum Gasteiger partial charge on any atom is -0.341 e. The highest BCUT2D eigenvalue weighted by Gasteiger charge is 2.40. The predicted octanol–water partition coefficient (Wildman–Crippen LogP) is 2.93. The van der Waals surface area contributed by atoms with Gasteiger partial charge in [0.25, 0.3) is 0 Å². The van der Waals surface area contributed by atoms with Crippen molar-refractivity contribution in [3.05, 3.63) is 0 Å². The lowest BCUT2D eigenvalue weighted by Crippen LogP contribution is -2.57.